The molecule has 28 heavy (non-hydrogen) atoms. The van der Waals surface area contributed by atoms with Gasteiger partial charge in [0.15, 0.2) is 12.2 Å². The van der Waals surface area contributed by atoms with Crippen LogP contribution in [0.3, 0.4) is 0 Å². The number of hydrogen-bond acceptors (Lipinski definition) is 10. The Balaban J connectivity index is 6.28. The summed E-state index contributed by atoms with van der Waals surface area (Å²) in [5.41, 5.74) is -2.32. The standard InChI is InChI=1S/C17H29NO10/c1-10(19)18(5)17(23,9-26-11(2)20)16(28-13(4)22)15(25-7)14(8-24-6)27-12(3)21/h14-16,23H,8-9H2,1-7H3/t14-,15+,16+,17+/m1/s1. The number of rotatable bonds is 11. The summed E-state index contributed by atoms with van der Waals surface area (Å²) in [4.78, 5) is 47.2. The zero-order valence-electron chi connectivity index (χ0n) is 17.2. The second-order valence-electron chi connectivity index (χ2n) is 6.07. The van der Waals surface area contributed by atoms with Gasteiger partial charge in [-0.2, -0.15) is 0 Å². The summed E-state index contributed by atoms with van der Waals surface area (Å²) in [6.45, 7) is 3.61. The number of hydrogen-bond donors (Lipinski definition) is 1. The van der Waals surface area contributed by atoms with Crippen LogP contribution in [0.15, 0.2) is 0 Å². The smallest absolute Gasteiger partial charge is 0.303 e. The predicted octanol–water partition coefficient (Wildman–Crippen LogP) is -0.759. The van der Waals surface area contributed by atoms with E-state index in [9.17, 15) is 24.3 Å². The molecule has 0 saturated carbocycles. The van der Waals surface area contributed by atoms with Crippen LogP contribution in [-0.2, 0) is 42.9 Å². The molecule has 0 aromatic carbocycles. The zero-order chi connectivity index (χ0) is 22.1. The Hall–Kier alpha value is -2.24. The Kier molecular flexibility index (Phi) is 10.6. The molecule has 0 bridgehead atoms. The molecule has 1 N–H and O–H groups in total. The van der Waals surface area contributed by atoms with Gasteiger partial charge in [-0.1, -0.05) is 0 Å². The molecule has 0 heterocycles. The normalized spacial score (nSPS) is 16.1. The summed E-state index contributed by atoms with van der Waals surface area (Å²) in [7, 11) is 3.80. The maximum absolute atomic E-state index is 11.9. The third-order valence-corrected chi connectivity index (χ3v) is 3.87. The molecule has 0 aromatic rings. The van der Waals surface area contributed by atoms with Crippen molar-refractivity contribution >= 4 is 23.8 Å². The van der Waals surface area contributed by atoms with Crippen LogP contribution in [0, 0.1) is 0 Å². The van der Waals surface area contributed by atoms with E-state index in [1.165, 1.54) is 21.3 Å². The van der Waals surface area contributed by atoms with Crippen molar-refractivity contribution in [3.05, 3.63) is 0 Å². The van der Waals surface area contributed by atoms with Crippen molar-refractivity contribution in [3.63, 3.8) is 0 Å². The first-order valence-electron chi connectivity index (χ1n) is 8.37. The van der Waals surface area contributed by atoms with Gasteiger partial charge in [-0.25, -0.2) is 0 Å². The second kappa shape index (κ2) is 11.6. The summed E-state index contributed by atoms with van der Waals surface area (Å²) in [5, 5.41) is 11.2. The van der Waals surface area contributed by atoms with E-state index in [4.69, 9.17) is 23.7 Å². The first kappa shape index (κ1) is 25.8. The van der Waals surface area contributed by atoms with Crippen molar-refractivity contribution in [2.45, 2.75) is 51.7 Å². The molecular formula is C17H29NO10. The van der Waals surface area contributed by atoms with Crippen molar-refractivity contribution < 1.29 is 48.0 Å². The minimum absolute atomic E-state index is 0.163. The van der Waals surface area contributed by atoms with E-state index >= 15 is 0 Å². The number of carbonyl (C=O) groups is 4. The average Bonchev–Trinajstić information content (AvgIpc) is 2.57. The molecule has 0 aromatic heterocycles. The number of methoxy groups -OCH3 is 2. The Morgan fingerprint density at radius 1 is 0.964 bits per heavy atom. The molecule has 0 aliphatic rings. The lowest BCUT2D eigenvalue weighted by Gasteiger charge is -2.44. The summed E-state index contributed by atoms with van der Waals surface area (Å²) >= 11 is 0. The van der Waals surface area contributed by atoms with E-state index < -0.39 is 54.5 Å². The third-order valence-electron chi connectivity index (χ3n) is 3.87. The van der Waals surface area contributed by atoms with Crippen molar-refractivity contribution in [2.24, 2.45) is 0 Å². The van der Waals surface area contributed by atoms with E-state index in [0.29, 0.717) is 0 Å². The summed E-state index contributed by atoms with van der Waals surface area (Å²) in [6.07, 6.45) is -3.97. The van der Waals surface area contributed by atoms with E-state index in [1.54, 1.807) is 0 Å². The van der Waals surface area contributed by atoms with Gasteiger partial charge in [0.1, 0.15) is 12.7 Å². The van der Waals surface area contributed by atoms with Gasteiger partial charge in [0.2, 0.25) is 11.6 Å². The van der Waals surface area contributed by atoms with Crippen LogP contribution in [0.5, 0.6) is 0 Å². The minimum atomic E-state index is -2.32. The fourth-order valence-electron chi connectivity index (χ4n) is 2.50. The highest BCUT2D eigenvalue weighted by atomic mass is 16.6. The Bertz CT molecular complexity index is 566. The SMILES string of the molecule is COC[C@@H](OC(C)=O)[C@H](OC)[C@H](OC(C)=O)[C@@](O)(COC(C)=O)N(C)C(C)=O. The number of aliphatic hydroxyl groups is 1. The largest absolute Gasteiger partial charge is 0.461 e. The lowest BCUT2D eigenvalue weighted by Crippen LogP contribution is -2.67. The fraction of sp³-hybridized carbons (Fsp3) is 0.765. The van der Waals surface area contributed by atoms with Gasteiger partial charge < -0.3 is 33.7 Å². The van der Waals surface area contributed by atoms with Gasteiger partial charge in [-0.3, -0.25) is 19.2 Å². The fourth-order valence-corrected chi connectivity index (χ4v) is 2.50. The van der Waals surface area contributed by atoms with Crippen LogP contribution < -0.4 is 0 Å². The number of ether oxygens (including phenoxy) is 5. The Labute approximate surface area is 163 Å². The highest BCUT2D eigenvalue weighted by molar-refractivity contribution is 5.74. The number of esters is 3. The molecule has 162 valence electrons. The first-order valence-corrected chi connectivity index (χ1v) is 8.37. The number of nitrogens with zero attached hydrogens (tertiary/aromatic N) is 1. The number of carbonyl (C=O) groups excluding carboxylic acids is 4. The molecule has 0 fully saturated rings. The maximum Gasteiger partial charge on any atom is 0.303 e. The average molecular weight is 407 g/mol. The molecule has 0 aliphatic heterocycles. The predicted molar refractivity (Wildman–Crippen MR) is 93.8 cm³/mol. The van der Waals surface area contributed by atoms with Crippen LogP contribution in [0.2, 0.25) is 0 Å². The van der Waals surface area contributed by atoms with Gasteiger partial charge in [0, 0.05) is 49.0 Å². The molecule has 4 atom stereocenters. The van der Waals surface area contributed by atoms with E-state index in [2.05, 4.69) is 0 Å². The molecular weight excluding hydrogens is 378 g/mol. The molecule has 0 rings (SSSR count). The summed E-state index contributed by atoms with van der Waals surface area (Å²) in [5.74, 6) is -2.84. The highest BCUT2D eigenvalue weighted by Crippen LogP contribution is 2.27. The minimum Gasteiger partial charge on any atom is -0.461 e. The molecule has 11 heteroatoms. The molecule has 0 unspecified atom stereocenters. The van der Waals surface area contributed by atoms with Gasteiger partial charge in [-0.05, 0) is 0 Å². The summed E-state index contributed by atoms with van der Waals surface area (Å²) < 4.78 is 25.6. The molecule has 0 saturated heterocycles. The monoisotopic (exact) mass is 407 g/mol. The second-order valence-corrected chi connectivity index (χ2v) is 6.07. The van der Waals surface area contributed by atoms with Crippen molar-refractivity contribution in [2.75, 3.05) is 34.5 Å². The van der Waals surface area contributed by atoms with Crippen LogP contribution in [0.25, 0.3) is 0 Å². The molecule has 0 radical (unpaired) electrons. The van der Waals surface area contributed by atoms with Crippen LogP contribution in [0.1, 0.15) is 27.7 Å². The Morgan fingerprint density at radius 2 is 1.50 bits per heavy atom. The number of amides is 1. The van der Waals surface area contributed by atoms with E-state index in [0.717, 1.165) is 32.6 Å². The lowest BCUT2D eigenvalue weighted by molar-refractivity contribution is -0.248. The van der Waals surface area contributed by atoms with Crippen LogP contribution >= 0.6 is 0 Å². The Morgan fingerprint density at radius 3 is 1.86 bits per heavy atom. The lowest BCUT2D eigenvalue weighted by atomic mass is 9.95. The molecule has 1 amide bonds. The number of likely N-dealkylation sites (N-methyl/N-ethyl adjacent to an activating group) is 1. The first-order chi connectivity index (χ1) is 12.9. The topological polar surface area (TPSA) is 138 Å². The van der Waals surface area contributed by atoms with Gasteiger partial charge >= 0.3 is 17.9 Å². The quantitative estimate of drug-likeness (QED) is 0.264. The maximum atomic E-state index is 11.9. The zero-order valence-corrected chi connectivity index (χ0v) is 17.2. The van der Waals surface area contributed by atoms with Gasteiger partial charge in [0.25, 0.3) is 0 Å². The van der Waals surface area contributed by atoms with Gasteiger partial charge in [0.05, 0.1) is 6.61 Å². The van der Waals surface area contributed by atoms with E-state index in [-0.39, 0.29) is 6.61 Å². The molecule has 0 aliphatic carbocycles. The van der Waals surface area contributed by atoms with Crippen molar-refractivity contribution in [1.82, 2.24) is 4.90 Å². The van der Waals surface area contributed by atoms with E-state index in [1.807, 2.05) is 0 Å². The van der Waals surface area contributed by atoms with Gasteiger partial charge in [-0.15, -0.1) is 0 Å². The van der Waals surface area contributed by atoms with Crippen LogP contribution in [0.4, 0.5) is 0 Å². The summed E-state index contributed by atoms with van der Waals surface area (Å²) in [6, 6.07) is 0. The van der Waals surface area contributed by atoms with Crippen molar-refractivity contribution in [1.29, 1.82) is 0 Å². The van der Waals surface area contributed by atoms with Crippen molar-refractivity contribution in [3.8, 4) is 0 Å². The molecule has 11 nitrogen and oxygen atoms in total. The third kappa shape index (κ3) is 7.41. The highest BCUT2D eigenvalue weighted by Gasteiger charge is 2.52. The van der Waals surface area contributed by atoms with Crippen LogP contribution in [-0.4, -0.2) is 92.3 Å². The molecule has 0 spiro atoms.